The van der Waals surface area contributed by atoms with Gasteiger partial charge in [-0.15, -0.1) is 0 Å². The van der Waals surface area contributed by atoms with Crippen molar-refractivity contribution in [1.29, 1.82) is 0 Å². The lowest BCUT2D eigenvalue weighted by molar-refractivity contribution is 0.0845. The van der Waals surface area contributed by atoms with E-state index in [1.807, 2.05) is 38.6 Å². The summed E-state index contributed by atoms with van der Waals surface area (Å²) in [5.41, 5.74) is 4.34. The van der Waals surface area contributed by atoms with Crippen molar-refractivity contribution in [3.05, 3.63) is 41.1 Å². The molecule has 4 heteroatoms. The Hall–Kier alpha value is -0.943. The number of benzene rings is 1. The van der Waals surface area contributed by atoms with Gasteiger partial charge in [0.05, 0.1) is 0 Å². The van der Waals surface area contributed by atoms with E-state index in [2.05, 4.69) is 25.1 Å². The molecule has 0 aliphatic heterocycles. The third-order valence-electron chi connectivity index (χ3n) is 2.56. The minimum Gasteiger partial charge on any atom is -0.371 e. The quantitative estimate of drug-likeness (QED) is 0.681. The number of aryl methyl sites for hydroxylation is 1. The zero-order valence-electron chi connectivity index (χ0n) is 12.3. The Balaban J connectivity index is 2.91. The van der Waals surface area contributed by atoms with Crippen LogP contribution in [0.15, 0.2) is 30.0 Å². The molecule has 0 heterocycles. The van der Waals surface area contributed by atoms with Crippen LogP contribution in [0.5, 0.6) is 0 Å². The third kappa shape index (κ3) is 5.28. The molecule has 0 bridgehead atoms. The maximum absolute atomic E-state index is 5.77. The smallest absolute Gasteiger partial charge is 0.371 e. The third-order valence-corrected chi connectivity index (χ3v) is 5.21. The highest BCUT2D eigenvalue weighted by Gasteiger charge is 2.37. The second-order valence-corrected chi connectivity index (χ2v) is 6.56. The van der Waals surface area contributed by atoms with Gasteiger partial charge in [0.2, 0.25) is 0 Å². The lowest BCUT2D eigenvalue weighted by Gasteiger charge is -2.25. The molecule has 0 aromatic heterocycles. The molecule has 0 atom stereocenters. The molecule has 1 aromatic rings. The van der Waals surface area contributed by atoms with Crippen LogP contribution in [0, 0.1) is 6.92 Å². The highest BCUT2D eigenvalue weighted by atomic mass is 28.4. The number of hydrogen-bond donors (Lipinski definition) is 0. The fourth-order valence-corrected chi connectivity index (χ4v) is 3.99. The minimum absolute atomic E-state index is 0.588. The molecule has 0 saturated carbocycles. The van der Waals surface area contributed by atoms with E-state index < -0.39 is 8.80 Å². The number of hydrogen-bond acceptors (Lipinski definition) is 3. The van der Waals surface area contributed by atoms with Crippen molar-refractivity contribution >= 4 is 14.9 Å². The first kappa shape index (κ1) is 16.1. The predicted octanol–water partition coefficient (Wildman–Crippen LogP) is 3.60. The Bertz CT molecular complexity index is 387. The maximum atomic E-state index is 5.77. The van der Waals surface area contributed by atoms with Crippen molar-refractivity contribution < 1.29 is 13.3 Å². The molecule has 19 heavy (non-hydrogen) atoms. The fourth-order valence-electron chi connectivity index (χ4n) is 1.84. The van der Waals surface area contributed by atoms with Crippen LogP contribution in [0.1, 0.15) is 31.9 Å². The molecule has 1 rings (SSSR count). The van der Waals surface area contributed by atoms with E-state index in [0.717, 1.165) is 5.56 Å². The highest BCUT2D eigenvalue weighted by molar-refractivity contribution is 6.67. The van der Waals surface area contributed by atoms with Gasteiger partial charge in [-0.1, -0.05) is 35.9 Å². The van der Waals surface area contributed by atoms with E-state index in [1.165, 1.54) is 5.56 Å². The molecular weight excluding hydrogens is 256 g/mol. The Labute approximate surface area is 117 Å². The van der Waals surface area contributed by atoms with E-state index in [4.69, 9.17) is 13.3 Å². The average molecular weight is 280 g/mol. The molecule has 0 amide bonds. The summed E-state index contributed by atoms with van der Waals surface area (Å²) in [6.45, 7) is 9.72. The van der Waals surface area contributed by atoms with Crippen molar-refractivity contribution in [2.24, 2.45) is 0 Å². The molecule has 0 aliphatic rings. The summed E-state index contributed by atoms with van der Waals surface area (Å²) in [6.07, 6.45) is 2.03. The van der Waals surface area contributed by atoms with Gasteiger partial charge >= 0.3 is 8.80 Å². The van der Waals surface area contributed by atoms with E-state index in [1.54, 1.807) is 0 Å². The minimum atomic E-state index is -2.68. The van der Waals surface area contributed by atoms with Gasteiger partial charge in [-0.2, -0.15) is 0 Å². The Kier molecular flexibility index (Phi) is 7.01. The molecule has 0 N–H and O–H groups in total. The van der Waals surface area contributed by atoms with Crippen LogP contribution >= 0.6 is 0 Å². The van der Waals surface area contributed by atoms with Crippen molar-refractivity contribution in [3.63, 3.8) is 0 Å². The van der Waals surface area contributed by atoms with Crippen molar-refractivity contribution in [2.75, 3.05) is 19.8 Å². The van der Waals surface area contributed by atoms with Gasteiger partial charge in [0.15, 0.2) is 0 Å². The summed E-state index contributed by atoms with van der Waals surface area (Å²) >= 11 is 0. The Morgan fingerprint density at radius 2 is 1.58 bits per heavy atom. The first-order valence-electron chi connectivity index (χ1n) is 6.83. The fraction of sp³-hybridized carbons (Fsp3) is 0.467. The van der Waals surface area contributed by atoms with Crippen molar-refractivity contribution in [3.8, 4) is 0 Å². The molecule has 1 aromatic carbocycles. The van der Waals surface area contributed by atoms with Gasteiger partial charge in [-0.25, -0.2) is 0 Å². The molecular formula is C15H24O3Si. The molecule has 0 unspecified atom stereocenters. The van der Waals surface area contributed by atoms with Gasteiger partial charge in [-0.3, -0.25) is 0 Å². The van der Waals surface area contributed by atoms with Crippen LogP contribution in [0.4, 0.5) is 0 Å². The largest absolute Gasteiger partial charge is 0.529 e. The van der Waals surface area contributed by atoms with Crippen LogP contribution < -0.4 is 0 Å². The zero-order chi connectivity index (χ0) is 14.1. The summed E-state index contributed by atoms with van der Waals surface area (Å²) in [4.78, 5) is 0. The highest BCUT2D eigenvalue weighted by Crippen LogP contribution is 2.15. The van der Waals surface area contributed by atoms with Crippen LogP contribution in [-0.2, 0) is 13.3 Å². The second kappa shape index (κ2) is 8.27. The summed E-state index contributed by atoms with van der Waals surface area (Å²) in [6, 6.07) is 8.31. The van der Waals surface area contributed by atoms with Crippen molar-refractivity contribution in [2.45, 2.75) is 27.7 Å². The topological polar surface area (TPSA) is 27.7 Å². The summed E-state index contributed by atoms with van der Waals surface area (Å²) in [5, 5.41) is 0. The van der Waals surface area contributed by atoms with E-state index in [0.29, 0.717) is 19.8 Å². The van der Waals surface area contributed by atoms with E-state index in [-0.39, 0.29) is 0 Å². The standard InChI is InChI=1S/C15H24O3Si/c1-5-16-19(17-6-2,18-7-3)12-11-15-10-8-9-14(4)13-15/h8-13H,5-7H2,1-4H3/b12-11+. The predicted molar refractivity (Wildman–Crippen MR) is 80.8 cm³/mol. The normalized spacial score (nSPS) is 12.2. The summed E-state index contributed by atoms with van der Waals surface area (Å²) < 4.78 is 17.3. The SMILES string of the molecule is CCO[Si](/C=C/c1cccc(C)c1)(OCC)OCC. The Morgan fingerprint density at radius 1 is 1.00 bits per heavy atom. The zero-order valence-corrected chi connectivity index (χ0v) is 13.3. The van der Waals surface area contributed by atoms with Crippen LogP contribution in [0.25, 0.3) is 6.08 Å². The van der Waals surface area contributed by atoms with Crippen LogP contribution in [-0.4, -0.2) is 28.6 Å². The average Bonchev–Trinajstić information content (AvgIpc) is 2.38. The lowest BCUT2D eigenvalue weighted by atomic mass is 10.1. The molecule has 0 aliphatic carbocycles. The van der Waals surface area contributed by atoms with Crippen molar-refractivity contribution in [1.82, 2.24) is 0 Å². The van der Waals surface area contributed by atoms with Gasteiger partial charge in [0.1, 0.15) is 0 Å². The van der Waals surface area contributed by atoms with E-state index >= 15 is 0 Å². The summed E-state index contributed by atoms with van der Waals surface area (Å²) in [7, 11) is -2.68. The molecule has 106 valence electrons. The molecule has 3 nitrogen and oxygen atoms in total. The molecule has 0 saturated heterocycles. The van der Waals surface area contributed by atoms with Gasteiger partial charge in [-0.05, 0) is 39.0 Å². The first-order valence-corrected chi connectivity index (χ1v) is 8.63. The van der Waals surface area contributed by atoms with Gasteiger partial charge in [0.25, 0.3) is 0 Å². The monoisotopic (exact) mass is 280 g/mol. The van der Waals surface area contributed by atoms with Crippen LogP contribution in [0.3, 0.4) is 0 Å². The first-order chi connectivity index (χ1) is 9.15. The van der Waals surface area contributed by atoms with Crippen LogP contribution in [0.2, 0.25) is 0 Å². The maximum Gasteiger partial charge on any atom is 0.529 e. The molecule has 0 spiro atoms. The number of rotatable bonds is 8. The Morgan fingerprint density at radius 3 is 2.05 bits per heavy atom. The molecule has 0 fully saturated rings. The van der Waals surface area contributed by atoms with E-state index in [9.17, 15) is 0 Å². The second-order valence-electron chi connectivity index (χ2n) is 4.15. The lowest BCUT2D eigenvalue weighted by Crippen LogP contribution is -2.44. The summed E-state index contributed by atoms with van der Waals surface area (Å²) in [5.74, 6) is 0. The molecule has 0 radical (unpaired) electrons. The van der Waals surface area contributed by atoms with Gasteiger partial charge < -0.3 is 13.3 Å². The van der Waals surface area contributed by atoms with Gasteiger partial charge in [0, 0.05) is 19.8 Å².